The average Bonchev–Trinajstić information content (AvgIpc) is 2.98. The Balaban J connectivity index is 1.88. The highest BCUT2D eigenvalue weighted by Gasteiger charge is 2.06. The molecule has 0 fully saturated rings. The fourth-order valence-electron chi connectivity index (χ4n) is 1.88. The van der Waals surface area contributed by atoms with Crippen LogP contribution in [-0.4, -0.2) is 17.6 Å². The predicted molar refractivity (Wildman–Crippen MR) is 87.9 cm³/mol. The van der Waals surface area contributed by atoms with E-state index in [0.717, 1.165) is 18.7 Å². The first kappa shape index (κ1) is 15.5. The molecule has 1 unspecified atom stereocenters. The van der Waals surface area contributed by atoms with Crippen molar-refractivity contribution in [2.24, 2.45) is 0 Å². The van der Waals surface area contributed by atoms with Gasteiger partial charge in [0.2, 0.25) is 0 Å². The number of benzene rings is 1. The zero-order valence-electron chi connectivity index (χ0n) is 12.2. The van der Waals surface area contributed by atoms with E-state index in [4.69, 9.17) is 0 Å². The molecular weight excluding hydrogens is 284 g/mol. The number of aromatic nitrogens is 1. The van der Waals surface area contributed by atoms with Crippen molar-refractivity contribution < 1.29 is 4.79 Å². The number of hydrogen-bond donors (Lipinski definition) is 3. The third-order valence-corrected chi connectivity index (χ3v) is 3.71. The van der Waals surface area contributed by atoms with Crippen molar-refractivity contribution in [3.05, 3.63) is 41.4 Å². The molecule has 1 heterocycles. The lowest BCUT2D eigenvalue weighted by Crippen LogP contribution is -2.20. The Bertz CT molecular complexity index is 554. The van der Waals surface area contributed by atoms with Gasteiger partial charge in [0.15, 0.2) is 5.13 Å². The number of hydrogen-bond acceptors (Lipinski definition) is 4. The van der Waals surface area contributed by atoms with Gasteiger partial charge in [-0.05, 0) is 37.6 Å². The maximum absolute atomic E-state index is 11.8. The summed E-state index contributed by atoms with van der Waals surface area (Å²) in [5.41, 5.74) is 1.96. The molecule has 5 nitrogen and oxygen atoms in total. The number of rotatable bonds is 6. The van der Waals surface area contributed by atoms with Gasteiger partial charge in [-0.25, -0.2) is 9.78 Å². The molecule has 2 rings (SSSR count). The summed E-state index contributed by atoms with van der Waals surface area (Å²) in [5, 5.41) is 11.3. The van der Waals surface area contributed by atoms with Crippen molar-refractivity contribution in [2.75, 3.05) is 17.2 Å². The van der Waals surface area contributed by atoms with Crippen LogP contribution in [0.5, 0.6) is 0 Å². The van der Waals surface area contributed by atoms with Crippen LogP contribution in [0.1, 0.15) is 31.9 Å². The number of thiazole rings is 1. The van der Waals surface area contributed by atoms with Gasteiger partial charge in [0.05, 0.1) is 0 Å². The van der Waals surface area contributed by atoms with Crippen molar-refractivity contribution in [1.82, 2.24) is 10.3 Å². The summed E-state index contributed by atoms with van der Waals surface area (Å²) in [6.07, 6.45) is 2.76. The average molecular weight is 304 g/mol. The molecule has 6 heteroatoms. The van der Waals surface area contributed by atoms with Gasteiger partial charge < -0.3 is 10.6 Å². The summed E-state index contributed by atoms with van der Waals surface area (Å²) in [6.45, 7) is 5.28. The predicted octanol–water partition coefficient (Wildman–Crippen LogP) is 3.85. The Kier molecular flexibility index (Phi) is 5.71. The van der Waals surface area contributed by atoms with Crippen LogP contribution in [0.3, 0.4) is 0 Å². The maximum atomic E-state index is 11.8. The first-order chi connectivity index (χ1) is 10.2. The summed E-state index contributed by atoms with van der Waals surface area (Å²) in [4.78, 5) is 15.8. The molecule has 3 N–H and O–H groups in total. The zero-order valence-corrected chi connectivity index (χ0v) is 13.0. The molecule has 0 saturated carbocycles. The van der Waals surface area contributed by atoms with Crippen molar-refractivity contribution in [2.45, 2.75) is 26.3 Å². The highest BCUT2D eigenvalue weighted by atomic mass is 32.1. The third kappa shape index (κ3) is 4.84. The van der Waals surface area contributed by atoms with Crippen LogP contribution in [0.2, 0.25) is 0 Å². The number of amides is 2. The summed E-state index contributed by atoms with van der Waals surface area (Å²) in [6, 6.07) is 7.87. The van der Waals surface area contributed by atoms with E-state index in [0.29, 0.717) is 11.2 Å². The zero-order chi connectivity index (χ0) is 15.1. The fraction of sp³-hybridized carbons (Fsp3) is 0.333. The summed E-state index contributed by atoms with van der Waals surface area (Å²) in [5.74, 6) is 0. The number of anilines is 2. The summed E-state index contributed by atoms with van der Waals surface area (Å²) >= 11 is 1.38. The topological polar surface area (TPSA) is 66.0 Å². The third-order valence-electron chi connectivity index (χ3n) is 3.02. The highest BCUT2D eigenvalue weighted by molar-refractivity contribution is 7.13. The lowest BCUT2D eigenvalue weighted by molar-refractivity contribution is 0.262. The minimum Gasteiger partial charge on any atom is -0.310 e. The van der Waals surface area contributed by atoms with Gasteiger partial charge in [0.1, 0.15) is 0 Å². The highest BCUT2D eigenvalue weighted by Crippen LogP contribution is 2.17. The van der Waals surface area contributed by atoms with Crippen LogP contribution in [0.15, 0.2) is 35.8 Å². The minimum atomic E-state index is -0.283. The SMILES string of the molecule is CCCNC(C)c1ccc(NC(=O)Nc2nccs2)cc1. The molecule has 0 radical (unpaired) electrons. The van der Waals surface area contributed by atoms with Crippen LogP contribution in [0.25, 0.3) is 0 Å². The smallest absolute Gasteiger partial charge is 0.310 e. The van der Waals surface area contributed by atoms with E-state index in [1.807, 2.05) is 29.6 Å². The minimum absolute atomic E-state index is 0.283. The molecule has 0 aliphatic heterocycles. The fourth-order valence-corrected chi connectivity index (χ4v) is 2.40. The molecule has 1 aromatic heterocycles. The number of carbonyl (C=O) groups is 1. The van der Waals surface area contributed by atoms with Gasteiger partial charge in [-0.3, -0.25) is 5.32 Å². The second kappa shape index (κ2) is 7.75. The van der Waals surface area contributed by atoms with Crippen LogP contribution in [0, 0.1) is 0 Å². The Labute approximate surface area is 128 Å². The van der Waals surface area contributed by atoms with E-state index in [1.165, 1.54) is 16.9 Å². The Hall–Kier alpha value is -1.92. The van der Waals surface area contributed by atoms with E-state index in [1.54, 1.807) is 6.20 Å². The molecule has 0 aliphatic rings. The Morgan fingerprint density at radius 3 is 2.67 bits per heavy atom. The first-order valence-corrected chi connectivity index (χ1v) is 7.88. The normalized spacial score (nSPS) is 11.9. The molecule has 112 valence electrons. The molecule has 0 bridgehead atoms. The molecule has 1 aromatic carbocycles. The van der Waals surface area contributed by atoms with Gasteiger partial charge in [-0.1, -0.05) is 19.1 Å². The van der Waals surface area contributed by atoms with Crippen LogP contribution in [0.4, 0.5) is 15.6 Å². The molecule has 0 aliphatic carbocycles. The van der Waals surface area contributed by atoms with Crippen LogP contribution in [-0.2, 0) is 0 Å². The van der Waals surface area contributed by atoms with E-state index < -0.39 is 0 Å². The molecule has 2 aromatic rings. The Morgan fingerprint density at radius 1 is 1.29 bits per heavy atom. The van der Waals surface area contributed by atoms with Crippen molar-refractivity contribution in [3.63, 3.8) is 0 Å². The van der Waals surface area contributed by atoms with Gasteiger partial charge in [0, 0.05) is 23.3 Å². The monoisotopic (exact) mass is 304 g/mol. The standard InChI is InChI=1S/C15H20N4OS/c1-3-8-16-11(2)12-4-6-13(7-5-12)18-14(20)19-15-17-9-10-21-15/h4-7,9-11,16H,3,8H2,1-2H3,(H2,17,18,19,20). The largest absolute Gasteiger partial charge is 0.325 e. The number of carbonyl (C=O) groups excluding carboxylic acids is 1. The molecule has 1 atom stereocenters. The lowest BCUT2D eigenvalue weighted by atomic mass is 10.1. The molecule has 0 spiro atoms. The van der Waals surface area contributed by atoms with E-state index >= 15 is 0 Å². The first-order valence-electron chi connectivity index (χ1n) is 7.00. The van der Waals surface area contributed by atoms with Gasteiger partial charge in [-0.2, -0.15) is 0 Å². The van der Waals surface area contributed by atoms with E-state index in [-0.39, 0.29) is 6.03 Å². The van der Waals surface area contributed by atoms with Crippen molar-refractivity contribution in [1.29, 1.82) is 0 Å². The quantitative estimate of drug-likeness (QED) is 0.759. The second-order valence-corrected chi connectivity index (χ2v) is 5.61. The van der Waals surface area contributed by atoms with E-state index in [9.17, 15) is 4.79 Å². The maximum Gasteiger partial charge on any atom is 0.325 e. The molecular formula is C15H20N4OS. The molecule has 2 amide bonds. The molecule has 21 heavy (non-hydrogen) atoms. The number of nitrogens with one attached hydrogen (secondary N) is 3. The van der Waals surface area contributed by atoms with Gasteiger partial charge in [-0.15, -0.1) is 11.3 Å². The molecule has 0 saturated heterocycles. The summed E-state index contributed by atoms with van der Waals surface area (Å²) < 4.78 is 0. The van der Waals surface area contributed by atoms with Crippen LogP contribution < -0.4 is 16.0 Å². The van der Waals surface area contributed by atoms with Gasteiger partial charge in [0.25, 0.3) is 0 Å². The van der Waals surface area contributed by atoms with Gasteiger partial charge >= 0.3 is 6.03 Å². The second-order valence-electron chi connectivity index (χ2n) is 4.71. The Morgan fingerprint density at radius 2 is 2.05 bits per heavy atom. The number of urea groups is 1. The van der Waals surface area contributed by atoms with Crippen molar-refractivity contribution >= 4 is 28.2 Å². The van der Waals surface area contributed by atoms with E-state index in [2.05, 4.69) is 34.8 Å². The lowest BCUT2D eigenvalue weighted by Gasteiger charge is -2.14. The van der Waals surface area contributed by atoms with Crippen LogP contribution >= 0.6 is 11.3 Å². The number of nitrogens with zero attached hydrogens (tertiary/aromatic N) is 1. The summed E-state index contributed by atoms with van der Waals surface area (Å²) in [7, 11) is 0. The van der Waals surface area contributed by atoms with Crippen molar-refractivity contribution in [3.8, 4) is 0 Å².